The second kappa shape index (κ2) is 10.4. The van der Waals surface area contributed by atoms with Crippen molar-refractivity contribution >= 4 is 17.5 Å². The summed E-state index contributed by atoms with van der Waals surface area (Å²) in [4.78, 5) is 26.4. The molecule has 1 unspecified atom stereocenters. The molecule has 2 fully saturated rings. The summed E-state index contributed by atoms with van der Waals surface area (Å²) in [6, 6.07) is 7.56. The third-order valence-corrected chi connectivity index (χ3v) is 6.78. The minimum absolute atomic E-state index is 0.0750. The van der Waals surface area contributed by atoms with E-state index in [0.717, 1.165) is 30.6 Å². The minimum Gasteiger partial charge on any atom is -0.489 e. The first-order valence-corrected chi connectivity index (χ1v) is 11.9. The Morgan fingerprint density at radius 1 is 1.34 bits per heavy atom. The van der Waals surface area contributed by atoms with Crippen LogP contribution in [0.1, 0.15) is 51.6 Å². The molecule has 3 heterocycles. The zero-order chi connectivity index (χ0) is 25.0. The zero-order valence-electron chi connectivity index (χ0n) is 20.3. The number of benzene rings is 1. The highest BCUT2D eigenvalue weighted by atomic mass is 19.1. The molecular formula is C24H31FN8O2. The van der Waals surface area contributed by atoms with Crippen molar-refractivity contribution < 1.29 is 13.9 Å². The van der Waals surface area contributed by atoms with Crippen molar-refractivity contribution in [3.05, 3.63) is 52.4 Å². The molecule has 2 aromatic rings. The van der Waals surface area contributed by atoms with Gasteiger partial charge in [-0.3, -0.25) is 4.79 Å². The highest BCUT2D eigenvalue weighted by Crippen LogP contribution is 2.37. The van der Waals surface area contributed by atoms with Crippen LogP contribution in [-0.4, -0.2) is 53.7 Å². The molecule has 186 valence electrons. The third kappa shape index (κ3) is 5.40. The number of hydrogen-bond acceptors (Lipinski definition) is 7. The molecule has 0 aliphatic carbocycles. The standard InChI is InChI=1S/C24H31FN8O2/c1-16(30-17(2)34)18-5-7-19(8-6-18)35-20-9-12-32(13-20)22-21(25)23(28-15-27-22)33-11-4-10-24(33,3)14-29-31-26/h5-8,15-16,20H,4,9-14H2,1-3H3,(H,30,34)/t16-,20+,24?/m0/s1. The Kier molecular flexibility index (Phi) is 7.25. The number of azide groups is 1. The maximum atomic E-state index is 15.6. The number of nitrogens with zero attached hydrogens (tertiary/aromatic N) is 7. The Morgan fingerprint density at radius 2 is 2.09 bits per heavy atom. The van der Waals surface area contributed by atoms with Crippen molar-refractivity contribution in [1.29, 1.82) is 0 Å². The number of nitrogens with one attached hydrogen (secondary N) is 1. The van der Waals surface area contributed by atoms with Crippen LogP contribution in [0.3, 0.4) is 0 Å². The summed E-state index contributed by atoms with van der Waals surface area (Å²) in [5.41, 5.74) is 9.26. The van der Waals surface area contributed by atoms with Crippen molar-refractivity contribution in [2.45, 2.75) is 57.7 Å². The van der Waals surface area contributed by atoms with Gasteiger partial charge in [0.25, 0.3) is 0 Å². The smallest absolute Gasteiger partial charge is 0.217 e. The molecule has 0 saturated carbocycles. The first-order chi connectivity index (χ1) is 16.8. The van der Waals surface area contributed by atoms with Crippen LogP contribution < -0.4 is 19.9 Å². The second-order valence-electron chi connectivity index (χ2n) is 9.44. The topological polar surface area (TPSA) is 119 Å². The van der Waals surface area contributed by atoms with Gasteiger partial charge in [-0.2, -0.15) is 4.39 Å². The fourth-order valence-electron chi connectivity index (χ4n) is 4.93. The lowest BCUT2D eigenvalue weighted by Gasteiger charge is -2.35. The molecule has 0 bridgehead atoms. The minimum atomic E-state index is -0.473. The zero-order valence-corrected chi connectivity index (χ0v) is 20.3. The quantitative estimate of drug-likeness (QED) is 0.343. The molecule has 11 heteroatoms. The average Bonchev–Trinajstić information content (AvgIpc) is 3.45. The maximum Gasteiger partial charge on any atom is 0.217 e. The maximum absolute atomic E-state index is 15.6. The number of halogens is 1. The van der Waals surface area contributed by atoms with E-state index in [4.69, 9.17) is 10.3 Å². The van der Waals surface area contributed by atoms with E-state index in [2.05, 4.69) is 25.3 Å². The molecule has 1 amide bonds. The molecule has 2 aliphatic rings. The van der Waals surface area contributed by atoms with Gasteiger partial charge in [-0.05, 0) is 49.9 Å². The van der Waals surface area contributed by atoms with Crippen molar-refractivity contribution in [2.24, 2.45) is 5.11 Å². The highest BCUT2D eigenvalue weighted by Gasteiger charge is 2.39. The molecule has 2 saturated heterocycles. The van der Waals surface area contributed by atoms with Gasteiger partial charge in [0.05, 0.1) is 12.6 Å². The fraction of sp³-hybridized carbons (Fsp3) is 0.542. The van der Waals surface area contributed by atoms with Crippen LogP contribution in [0.15, 0.2) is 35.7 Å². The van der Waals surface area contributed by atoms with Crippen molar-refractivity contribution in [3.8, 4) is 5.75 Å². The summed E-state index contributed by atoms with van der Waals surface area (Å²) in [5, 5.41) is 6.60. The van der Waals surface area contributed by atoms with E-state index in [9.17, 15) is 4.79 Å². The summed E-state index contributed by atoms with van der Waals surface area (Å²) in [6.07, 6.45) is 3.70. The SMILES string of the molecule is CC(=O)N[C@@H](C)c1ccc(O[C@@H]2CCN(c3ncnc(N4CCCC4(C)CN=[N+]=[N-])c3F)C2)cc1. The average molecular weight is 483 g/mol. The number of anilines is 2. The Labute approximate surface area is 204 Å². The number of amides is 1. The van der Waals surface area contributed by atoms with E-state index in [-0.39, 0.29) is 36.2 Å². The van der Waals surface area contributed by atoms with Crippen LogP contribution in [0, 0.1) is 5.82 Å². The molecule has 1 N–H and O–H groups in total. The Balaban J connectivity index is 1.43. The molecule has 10 nitrogen and oxygen atoms in total. The van der Waals surface area contributed by atoms with Crippen LogP contribution in [0.4, 0.5) is 16.0 Å². The summed E-state index contributed by atoms with van der Waals surface area (Å²) in [7, 11) is 0. The summed E-state index contributed by atoms with van der Waals surface area (Å²) >= 11 is 0. The predicted molar refractivity (Wildman–Crippen MR) is 131 cm³/mol. The van der Waals surface area contributed by atoms with E-state index in [0.29, 0.717) is 19.6 Å². The predicted octanol–water partition coefficient (Wildman–Crippen LogP) is 4.14. The normalized spacial score (nSPS) is 22.6. The summed E-state index contributed by atoms with van der Waals surface area (Å²) < 4.78 is 21.8. The second-order valence-corrected chi connectivity index (χ2v) is 9.44. The molecule has 1 aromatic carbocycles. The van der Waals surface area contributed by atoms with Crippen molar-refractivity contribution in [1.82, 2.24) is 15.3 Å². The van der Waals surface area contributed by atoms with Gasteiger partial charge >= 0.3 is 0 Å². The number of carbonyl (C=O) groups is 1. The molecule has 2 aliphatic heterocycles. The number of rotatable bonds is 8. The summed E-state index contributed by atoms with van der Waals surface area (Å²) in [6.45, 7) is 7.42. The van der Waals surface area contributed by atoms with Gasteiger partial charge in [-0.1, -0.05) is 17.2 Å². The number of ether oxygens (including phenoxy) is 1. The van der Waals surface area contributed by atoms with Gasteiger partial charge in [-0.15, -0.1) is 0 Å². The third-order valence-electron chi connectivity index (χ3n) is 6.78. The van der Waals surface area contributed by atoms with Crippen LogP contribution >= 0.6 is 0 Å². The fourth-order valence-corrected chi connectivity index (χ4v) is 4.93. The number of hydrogen-bond donors (Lipinski definition) is 1. The molecule has 1 aromatic heterocycles. The number of carbonyl (C=O) groups excluding carboxylic acids is 1. The van der Waals surface area contributed by atoms with E-state index >= 15 is 4.39 Å². The van der Waals surface area contributed by atoms with Gasteiger partial charge < -0.3 is 19.9 Å². The monoisotopic (exact) mass is 482 g/mol. The number of aromatic nitrogens is 2. The van der Waals surface area contributed by atoms with Gasteiger partial charge in [0.1, 0.15) is 18.2 Å². The molecule has 3 atom stereocenters. The van der Waals surface area contributed by atoms with Crippen LogP contribution in [0.5, 0.6) is 5.75 Å². The van der Waals surface area contributed by atoms with Crippen molar-refractivity contribution in [3.63, 3.8) is 0 Å². The van der Waals surface area contributed by atoms with E-state index < -0.39 is 11.4 Å². The Morgan fingerprint density at radius 3 is 2.80 bits per heavy atom. The lowest BCUT2D eigenvalue weighted by molar-refractivity contribution is -0.119. The largest absolute Gasteiger partial charge is 0.489 e. The Bertz CT molecular complexity index is 1110. The molecular weight excluding hydrogens is 451 g/mol. The van der Waals surface area contributed by atoms with Gasteiger partial charge in [0.2, 0.25) is 11.7 Å². The van der Waals surface area contributed by atoms with Gasteiger partial charge in [0.15, 0.2) is 11.6 Å². The first kappa shape index (κ1) is 24.5. The lowest BCUT2D eigenvalue weighted by Crippen LogP contribution is -2.45. The first-order valence-electron chi connectivity index (χ1n) is 11.9. The van der Waals surface area contributed by atoms with Crippen LogP contribution in [0.2, 0.25) is 0 Å². The highest BCUT2D eigenvalue weighted by molar-refractivity contribution is 5.73. The molecule has 4 rings (SSSR count). The van der Waals surface area contributed by atoms with Gasteiger partial charge in [-0.25, -0.2) is 9.97 Å². The van der Waals surface area contributed by atoms with E-state index in [1.807, 2.05) is 47.9 Å². The lowest BCUT2D eigenvalue weighted by atomic mass is 9.99. The molecule has 35 heavy (non-hydrogen) atoms. The molecule has 0 radical (unpaired) electrons. The van der Waals surface area contributed by atoms with Crippen LogP contribution in [0.25, 0.3) is 10.4 Å². The molecule has 0 spiro atoms. The van der Waals surface area contributed by atoms with Crippen LogP contribution in [-0.2, 0) is 4.79 Å². The van der Waals surface area contributed by atoms with Crippen molar-refractivity contribution in [2.75, 3.05) is 36.0 Å². The van der Waals surface area contributed by atoms with E-state index in [1.165, 1.54) is 13.3 Å². The summed E-state index contributed by atoms with van der Waals surface area (Å²) in [5.74, 6) is 0.702. The van der Waals surface area contributed by atoms with E-state index in [1.54, 1.807) is 0 Å². The van der Waals surface area contributed by atoms with Gasteiger partial charge in [0, 0.05) is 43.4 Å². The Hall–Kier alpha value is -3.59.